The predicted molar refractivity (Wildman–Crippen MR) is 118 cm³/mol. The van der Waals surface area contributed by atoms with Crippen molar-refractivity contribution in [2.45, 2.75) is 33.4 Å². The molecule has 3 N–H and O–H groups in total. The molecule has 3 aromatic rings. The van der Waals surface area contributed by atoms with Crippen molar-refractivity contribution in [2.75, 3.05) is 10.6 Å². The molecule has 0 aliphatic carbocycles. The number of rotatable bonds is 8. The van der Waals surface area contributed by atoms with E-state index in [1.165, 1.54) is 0 Å². The molecule has 7 heteroatoms. The molecule has 1 heterocycles. The molecule has 0 bridgehead atoms. The monoisotopic (exact) mass is 405 g/mol. The fourth-order valence-corrected chi connectivity index (χ4v) is 3.02. The Morgan fingerprint density at radius 3 is 2.23 bits per heavy atom. The molecule has 2 aromatic carbocycles. The standard InChI is InChI=1S/C23H27N5O2/c1-17(2)14-22(29)26-20-8-10-21(11-9-20)27-23(30)24-15-18-6-3-4-7-19(18)16-28-13-5-12-25-28/h3-13,17H,14-16H2,1-2H3,(H,26,29)(H2,24,27,30). The quantitative estimate of drug-likeness (QED) is 0.524. The lowest BCUT2D eigenvalue weighted by molar-refractivity contribution is -0.116. The molecular formula is C23H27N5O2. The van der Waals surface area contributed by atoms with Crippen molar-refractivity contribution in [3.05, 3.63) is 78.1 Å². The van der Waals surface area contributed by atoms with E-state index in [-0.39, 0.29) is 11.9 Å². The summed E-state index contributed by atoms with van der Waals surface area (Å²) in [6.07, 6.45) is 4.13. The van der Waals surface area contributed by atoms with Gasteiger partial charge in [0, 0.05) is 36.7 Å². The largest absolute Gasteiger partial charge is 0.334 e. The normalized spacial score (nSPS) is 10.6. The summed E-state index contributed by atoms with van der Waals surface area (Å²) < 4.78 is 1.85. The molecule has 0 saturated carbocycles. The number of nitrogens with one attached hydrogen (secondary N) is 3. The molecule has 3 amide bonds. The van der Waals surface area contributed by atoms with Crippen LogP contribution in [0.5, 0.6) is 0 Å². The van der Waals surface area contributed by atoms with E-state index in [0.29, 0.717) is 36.8 Å². The number of anilines is 2. The summed E-state index contributed by atoms with van der Waals surface area (Å²) in [7, 11) is 0. The second kappa shape index (κ2) is 10.2. The van der Waals surface area contributed by atoms with E-state index < -0.39 is 0 Å². The van der Waals surface area contributed by atoms with Gasteiger partial charge in [-0.25, -0.2) is 4.79 Å². The first-order chi connectivity index (χ1) is 14.5. The van der Waals surface area contributed by atoms with Gasteiger partial charge in [-0.05, 0) is 47.4 Å². The van der Waals surface area contributed by atoms with Gasteiger partial charge in [0.25, 0.3) is 0 Å². The van der Waals surface area contributed by atoms with Crippen LogP contribution in [0, 0.1) is 5.92 Å². The van der Waals surface area contributed by atoms with E-state index >= 15 is 0 Å². The van der Waals surface area contributed by atoms with Crippen LogP contribution in [-0.4, -0.2) is 21.7 Å². The van der Waals surface area contributed by atoms with E-state index in [1.54, 1.807) is 30.5 Å². The fourth-order valence-electron chi connectivity index (χ4n) is 3.02. The maximum atomic E-state index is 12.3. The first-order valence-electron chi connectivity index (χ1n) is 9.98. The van der Waals surface area contributed by atoms with E-state index in [2.05, 4.69) is 21.0 Å². The van der Waals surface area contributed by atoms with Crippen LogP contribution in [0.15, 0.2) is 67.0 Å². The highest BCUT2D eigenvalue weighted by atomic mass is 16.2. The van der Waals surface area contributed by atoms with E-state index in [1.807, 2.05) is 55.1 Å². The maximum absolute atomic E-state index is 12.3. The second-order valence-electron chi connectivity index (χ2n) is 7.50. The Bertz CT molecular complexity index is 966. The van der Waals surface area contributed by atoms with Crippen LogP contribution in [0.1, 0.15) is 31.4 Å². The minimum Gasteiger partial charge on any atom is -0.334 e. The Morgan fingerprint density at radius 1 is 0.933 bits per heavy atom. The Kier molecular flexibility index (Phi) is 7.21. The summed E-state index contributed by atoms with van der Waals surface area (Å²) in [5.74, 6) is 0.288. The van der Waals surface area contributed by atoms with Crippen molar-refractivity contribution in [3.63, 3.8) is 0 Å². The number of amides is 3. The van der Waals surface area contributed by atoms with E-state index in [0.717, 1.165) is 11.1 Å². The van der Waals surface area contributed by atoms with Gasteiger partial charge in [0.2, 0.25) is 5.91 Å². The third kappa shape index (κ3) is 6.48. The van der Waals surface area contributed by atoms with Crippen LogP contribution < -0.4 is 16.0 Å². The van der Waals surface area contributed by atoms with Gasteiger partial charge in [-0.15, -0.1) is 0 Å². The van der Waals surface area contributed by atoms with Crippen LogP contribution in [0.4, 0.5) is 16.2 Å². The van der Waals surface area contributed by atoms with Gasteiger partial charge in [-0.2, -0.15) is 5.10 Å². The zero-order chi connectivity index (χ0) is 21.3. The van der Waals surface area contributed by atoms with Crippen molar-refractivity contribution in [2.24, 2.45) is 5.92 Å². The molecule has 1 aromatic heterocycles. The van der Waals surface area contributed by atoms with Crippen molar-refractivity contribution >= 4 is 23.3 Å². The minimum atomic E-state index is -0.291. The molecule has 0 fully saturated rings. The molecule has 7 nitrogen and oxygen atoms in total. The molecule has 3 rings (SSSR count). The Morgan fingerprint density at radius 2 is 1.60 bits per heavy atom. The van der Waals surface area contributed by atoms with Crippen LogP contribution in [0.3, 0.4) is 0 Å². The highest BCUT2D eigenvalue weighted by Gasteiger charge is 2.08. The molecule has 0 spiro atoms. The lowest BCUT2D eigenvalue weighted by Gasteiger charge is -2.12. The zero-order valence-corrected chi connectivity index (χ0v) is 17.3. The summed E-state index contributed by atoms with van der Waals surface area (Å²) >= 11 is 0. The van der Waals surface area contributed by atoms with Crippen molar-refractivity contribution in [1.29, 1.82) is 0 Å². The molecule has 0 aliphatic heterocycles. The van der Waals surface area contributed by atoms with Crippen LogP contribution >= 0.6 is 0 Å². The Labute approximate surface area is 176 Å². The summed E-state index contributed by atoms with van der Waals surface area (Å²) in [6, 6.07) is 16.6. The molecular weight excluding hydrogens is 378 g/mol. The van der Waals surface area contributed by atoms with Crippen LogP contribution in [-0.2, 0) is 17.9 Å². The topological polar surface area (TPSA) is 88.0 Å². The first-order valence-corrected chi connectivity index (χ1v) is 9.98. The number of urea groups is 1. The number of carbonyl (C=O) groups is 2. The molecule has 156 valence electrons. The summed E-state index contributed by atoms with van der Waals surface area (Å²) in [6.45, 7) is 5.06. The van der Waals surface area contributed by atoms with Crippen LogP contribution in [0.25, 0.3) is 0 Å². The third-order valence-corrected chi connectivity index (χ3v) is 4.47. The molecule has 0 aliphatic rings. The van der Waals surface area contributed by atoms with Crippen molar-refractivity contribution in [3.8, 4) is 0 Å². The van der Waals surface area contributed by atoms with Gasteiger partial charge in [-0.1, -0.05) is 38.1 Å². The number of carbonyl (C=O) groups excluding carboxylic acids is 2. The van der Waals surface area contributed by atoms with Gasteiger partial charge in [0.1, 0.15) is 0 Å². The average molecular weight is 406 g/mol. The van der Waals surface area contributed by atoms with E-state index in [9.17, 15) is 9.59 Å². The Hall–Kier alpha value is -3.61. The maximum Gasteiger partial charge on any atom is 0.319 e. The zero-order valence-electron chi connectivity index (χ0n) is 17.3. The first kappa shape index (κ1) is 21.1. The molecule has 30 heavy (non-hydrogen) atoms. The highest BCUT2D eigenvalue weighted by molar-refractivity contribution is 5.92. The molecule has 0 radical (unpaired) electrons. The molecule has 0 saturated heterocycles. The van der Waals surface area contributed by atoms with Crippen molar-refractivity contribution in [1.82, 2.24) is 15.1 Å². The Balaban J connectivity index is 1.51. The average Bonchev–Trinajstić information content (AvgIpc) is 3.21. The predicted octanol–water partition coefficient (Wildman–Crippen LogP) is 4.24. The van der Waals surface area contributed by atoms with E-state index in [4.69, 9.17) is 0 Å². The van der Waals surface area contributed by atoms with Gasteiger partial charge in [-0.3, -0.25) is 9.48 Å². The van der Waals surface area contributed by atoms with Crippen molar-refractivity contribution < 1.29 is 9.59 Å². The third-order valence-electron chi connectivity index (χ3n) is 4.47. The number of hydrogen-bond donors (Lipinski definition) is 3. The number of nitrogens with zero attached hydrogens (tertiary/aromatic N) is 2. The smallest absolute Gasteiger partial charge is 0.319 e. The van der Waals surface area contributed by atoms with Gasteiger partial charge >= 0.3 is 6.03 Å². The molecule has 0 atom stereocenters. The molecule has 0 unspecified atom stereocenters. The van der Waals surface area contributed by atoms with Gasteiger partial charge < -0.3 is 16.0 Å². The summed E-state index contributed by atoms with van der Waals surface area (Å²) in [4.78, 5) is 24.1. The van der Waals surface area contributed by atoms with Crippen LogP contribution in [0.2, 0.25) is 0 Å². The summed E-state index contributed by atoms with van der Waals surface area (Å²) in [5.41, 5.74) is 3.49. The summed E-state index contributed by atoms with van der Waals surface area (Å²) in [5, 5.41) is 12.8. The second-order valence-corrected chi connectivity index (χ2v) is 7.50. The SMILES string of the molecule is CC(C)CC(=O)Nc1ccc(NC(=O)NCc2ccccc2Cn2cccn2)cc1. The lowest BCUT2D eigenvalue weighted by atomic mass is 10.1. The number of hydrogen-bond acceptors (Lipinski definition) is 3. The number of benzene rings is 2. The fraction of sp³-hybridized carbons (Fsp3) is 0.261. The minimum absolute atomic E-state index is 0.0165. The van der Waals surface area contributed by atoms with Gasteiger partial charge in [0.05, 0.1) is 6.54 Å². The lowest BCUT2D eigenvalue weighted by Crippen LogP contribution is -2.28. The van der Waals surface area contributed by atoms with Gasteiger partial charge in [0.15, 0.2) is 0 Å². The number of aromatic nitrogens is 2. The highest BCUT2D eigenvalue weighted by Crippen LogP contribution is 2.15.